The van der Waals surface area contributed by atoms with Crippen molar-refractivity contribution in [2.45, 2.75) is 13.0 Å². The fourth-order valence-electron chi connectivity index (χ4n) is 8.61. The summed E-state index contributed by atoms with van der Waals surface area (Å²) < 4.78 is 8.75. The summed E-state index contributed by atoms with van der Waals surface area (Å²) in [4.78, 5) is 10.7. The number of benzene rings is 9. The molecule has 11 aromatic rings. The Morgan fingerprint density at radius 2 is 1.11 bits per heavy atom. The van der Waals surface area contributed by atoms with Crippen molar-refractivity contribution in [2.75, 3.05) is 0 Å². The van der Waals surface area contributed by atoms with Crippen molar-refractivity contribution in [3.63, 3.8) is 0 Å². The highest BCUT2D eigenvalue weighted by Crippen LogP contribution is 2.42. The lowest BCUT2D eigenvalue weighted by atomic mass is 9.99. The van der Waals surface area contributed by atoms with Crippen LogP contribution in [0, 0.1) is 0 Å². The van der Waals surface area contributed by atoms with E-state index in [2.05, 4.69) is 181 Å². The molecule has 11 rings (SSSR count). The zero-order chi connectivity index (χ0) is 38.0. The molecule has 5 nitrogen and oxygen atoms in total. The van der Waals surface area contributed by atoms with Crippen LogP contribution >= 0.6 is 0 Å². The van der Waals surface area contributed by atoms with Crippen molar-refractivity contribution in [3.8, 4) is 11.1 Å². The van der Waals surface area contributed by atoms with E-state index in [-0.39, 0.29) is 6.04 Å². The van der Waals surface area contributed by atoms with E-state index in [0.29, 0.717) is 11.8 Å². The molecule has 270 valence electrons. The van der Waals surface area contributed by atoms with Gasteiger partial charge in [-0.1, -0.05) is 164 Å². The van der Waals surface area contributed by atoms with Gasteiger partial charge in [0.1, 0.15) is 11.2 Å². The second kappa shape index (κ2) is 13.1. The van der Waals surface area contributed by atoms with Crippen LogP contribution in [0.1, 0.15) is 24.1 Å². The number of para-hydroxylation sites is 3. The molecular formula is C52H36N4O. The van der Waals surface area contributed by atoms with E-state index in [1.165, 1.54) is 10.8 Å². The van der Waals surface area contributed by atoms with Gasteiger partial charge in [0.25, 0.3) is 0 Å². The van der Waals surface area contributed by atoms with Crippen LogP contribution in [0.2, 0.25) is 0 Å². The predicted octanol–water partition coefficient (Wildman–Crippen LogP) is 13.2. The van der Waals surface area contributed by atoms with Gasteiger partial charge in [0.05, 0.1) is 17.1 Å². The van der Waals surface area contributed by atoms with Gasteiger partial charge in [0.15, 0.2) is 5.84 Å². The highest BCUT2D eigenvalue weighted by Gasteiger charge is 2.22. The summed E-state index contributed by atoms with van der Waals surface area (Å²) in [5, 5.41) is 11.2. The lowest BCUT2D eigenvalue weighted by Gasteiger charge is -2.14. The van der Waals surface area contributed by atoms with Gasteiger partial charge >= 0.3 is 0 Å². The maximum atomic E-state index is 7.43. The Labute approximate surface area is 328 Å². The molecule has 2 heterocycles. The fraction of sp³-hybridized carbons (Fsp3) is 0.0385. The number of furan rings is 1. The van der Waals surface area contributed by atoms with E-state index in [4.69, 9.17) is 20.1 Å². The van der Waals surface area contributed by atoms with Crippen LogP contribution in [0.5, 0.6) is 0 Å². The highest BCUT2D eigenvalue weighted by molar-refractivity contribution is 6.25. The number of nitrogens with two attached hydrogens (primary N) is 1. The quantitative estimate of drug-likeness (QED) is 0.145. The molecular weight excluding hydrogens is 697 g/mol. The van der Waals surface area contributed by atoms with Gasteiger partial charge in [-0.25, -0.2) is 0 Å². The average molecular weight is 733 g/mol. The highest BCUT2D eigenvalue weighted by atomic mass is 16.3. The van der Waals surface area contributed by atoms with Crippen LogP contribution in [0.25, 0.3) is 87.2 Å². The average Bonchev–Trinajstić information content (AvgIpc) is 3.82. The van der Waals surface area contributed by atoms with E-state index < -0.39 is 0 Å². The minimum Gasteiger partial charge on any atom is -0.455 e. The monoisotopic (exact) mass is 732 g/mol. The summed E-state index contributed by atoms with van der Waals surface area (Å²) in [5.74, 6) is 0.888. The number of aliphatic imine (C=N–C) groups is 2. The van der Waals surface area contributed by atoms with Crippen LogP contribution in [-0.2, 0) is 0 Å². The number of amidine groups is 1. The molecule has 0 aliphatic heterocycles. The molecule has 9 aromatic carbocycles. The summed E-state index contributed by atoms with van der Waals surface area (Å²) in [6, 6.07) is 63.4. The first-order valence-corrected chi connectivity index (χ1v) is 19.3. The van der Waals surface area contributed by atoms with Crippen molar-refractivity contribution in [2.24, 2.45) is 15.7 Å². The Bertz CT molecular complexity index is 3460. The molecule has 0 amide bonds. The van der Waals surface area contributed by atoms with Crippen molar-refractivity contribution in [1.82, 2.24) is 4.57 Å². The van der Waals surface area contributed by atoms with E-state index >= 15 is 0 Å². The lowest BCUT2D eigenvalue weighted by molar-refractivity contribution is 0.670. The first-order chi connectivity index (χ1) is 28.1. The smallest absolute Gasteiger partial charge is 0.207 e. The van der Waals surface area contributed by atoms with Crippen LogP contribution in [0.4, 0.5) is 0 Å². The normalized spacial score (nSPS) is 13.2. The molecule has 57 heavy (non-hydrogen) atoms. The molecule has 0 radical (unpaired) electrons. The summed E-state index contributed by atoms with van der Waals surface area (Å²) in [6.45, 7) is 2.12. The van der Waals surface area contributed by atoms with Gasteiger partial charge in [-0.3, -0.25) is 9.56 Å². The van der Waals surface area contributed by atoms with Crippen LogP contribution in [0.15, 0.2) is 196 Å². The fourth-order valence-corrected chi connectivity index (χ4v) is 8.61. The SMILES string of the molecule is CC(N=C(N=C(N)n1c2c(-c3cccc4c3oc3ccccc34)cccc2c2ccc3ccccc3c21)c1ccc2ccccc2c1)c1ccc2ccccc2c1. The summed E-state index contributed by atoms with van der Waals surface area (Å²) in [5.41, 5.74) is 15.1. The molecule has 2 N–H and O–H groups in total. The number of rotatable bonds is 4. The van der Waals surface area contributed by atoms with Gasteiger partial charge in [0.2, 0.25) is 5.96 Å². The maximum absolute atomic E-state index is 7.43. The largest absolute Gasteiger partial charge is 0.455 e. The Morgan fingerprint density at radius 1 is 0.509 bits per heavy atom. The van der Waals surface area contributed by atoms with Crippen LogP contribution in [-0.4, -0.2) is 16.4 Å². The molecule has 0 spiro atoms. The van der Waals surface area contributed by atoms with Crippen molar-refractivity contribution in [1.29, 1.82) is 0 Å². The summed E-state index contributed by atoms with van der Waals surface area (Å²) in [7, 11) is 0. The number of hydrogen-bond acceptors (Lipinski definition) is 2. The minimum absolute atomic E-state index is 0.201. The molecule has 1 unspecified atom stereocenters. The lowest BCUT2D eigenvalue weighted by Crippen LogP contribution is -2.24. The van der Waals surface area contributed by atoms with E-state index in [1.807, 2.05) is 12.1 Å². The zero-order valence-corrected chi connectivity index (χ0v) is 31.2. The van der Waals surface area contributed by atoms with E-state index in [0.717, 1.165) is 87.5 Å². The third-order valence-electron chi connectivity index (χ3n) is 11.4. The molecule has 5 heteroatoms. The topological polar surface area (TPSA) is 68.8 Å². The molecule has 0 bridgehead atoms. The van der Waals surface area contributed by atoms with E-state index in [9.17, 15) is 0 Å². The summed E-state index contributed by atoms with van der Waals surface area (Å²) in [6.07, 6.45) is 0. The number of hydrogen-bond donors (Lipinski definition) is 1. The second-order valence-corrected chi connectivity index (χ2v) is 14.8. The molecule has 2 aromatic heterocycles. The molecule has 0 saturated carbocycles. The zero-order valence-electron chi connectivity index (χ0n) is 31.2. The molecule has 1 atom stereocenters. The van der Waals surface area contributed by atoms with Gasteiger partial charge in [0, 0.05) is 43.6 Å². The standard InChI is InChI=1S/C52H36N4O/c1-32(36-26-24-33-12-2-4-15-37(33)30-36)54-51(39-27-25-34-13-3-5-16-38(34)31-39)55-52(53)56-48-40-17-7-6-14-35(40)28-29-44(48)42-19-10-20-43(49(42)56)46-22-11-21-45-41-18-8-9-23-47(41)57-50(45)46/h2-32H,1H3,(H2,53,54,55). The Balaban J connectivity index is 1.19. The second-order valence-electron chi connectivity index (χ2n) is 14.8. The Hall–Kier alpha value is -7.50. The first-order valence-electron chi connectivity index (χ1n) is 19.3. The molecule has 0 aliphatic carbocycles. The van der Waals surface area contributed by atoms with Gasteiger partial charge in [-0.2, -0.15) is 4.99 Å². The number of fused-ring (bicyclic) bond motifs is 10. The summed E-state index contributed by atoms with van der Waals surface area (Å²) >= 11 is 0. The number of aromatic nitrogens is 1. The number of nitrogens with zero attached hydrogens (tertiary/aromatic N) is 3. The van der Waals surface area contributed by atoms with Gasteiger partial charge in [-0.15, -0.1) is 0 Å². The Morgan fingerprint density at radius 3 is 1.91 bits per heavy atom. The molecule has 0 saturated heterocycles. The molecule has 0 aliphatic rings. The van der Waals surface area contributed by atoms with Crippen LogP contribution < -0.4 is 5.73 Å². The van der Waals surface area contributed by atoms with Crippen molar-refractivity contribution < 1.29 is 4.42 Å². The third-order valence-corrected chi connectivity index (χ3v) is 11.4. The minimum atomic E-state index is -0.201. The first kappa shape index (κ1) is 32.9. The van der Waals surface area contributed by atoms with E-state index in [1.54, 1.807) is 0 Å². The molecule has 0 fully saturated rings. The van der Waals surface area contributed by atoms with Crippen LogP contribution in [0.3, 0.4) is 0 Å². The third kappa shape index (κ3) is 5.39. The van der Waals surface area contributed by atoms with Gasteiger partial charge in [-0.05, 0) is 57.6 Å². The van der Waals surface area contributed by atoms with Gasteiger partial charge < -0.3 is 10.2 Å². The van der Waals surface area contributed by atoms with Crippen molar-refractivity contribution >= 4 is 87.9 Å². The maximum Gasteiger partial charge on any atom is 0.207 e. The van der Waals surface area contributed by atoms with Crippen molar-refractivity contribution in [3.05, 3.63) is 193 Å². The Kier molecular flexibility index (Phi) is 7.54. The predicted molar refractivity (Wildman–Crippen MR) is 240 cm³/mol.